The zero-order chi connectivity index (χ0) is 46.7. The molecule has 0 saturated heterocycles. The van der Waals surface area contributed by atoms with Crippen molar-refractivity contribution in [3.8, 4) is 56.0 Å². The summed E-state index contributed by atoms with van der Waals surface area (Å²) in [5, 5.41) is 0. The molecule has 2 spiro atoms. The van der Waals surface area contributed by atoms with Gasteiger partial charge in [-0.05, 0) is 133 Å². The third kappa shape index (κ3) is 5.61. The lowest BCUT2D eigenvalue weighted by Crippen LogP contribution is -2.32. The standard InChI is InChI=1S/C68H43NOS/c1-2-18-44(19-3-1)46-20-16-21-47(42-46)45-36-38-48(39-37-45)69(49-40-41-51-50-22-4-6-24-53(50)68(60(51)43-49)57-28-10-14-34-64(57)71-65-35-15-11-29-58(65)68)61-31-17-30-59-66(61)52-23-5-7-25-54(52)67(59)55-26-8-12-32-62(55)70-63-33-13-9-27-56(63)67/h1-43H. The number of para-hydroxylation sites is 2. The van der Waals surface area contributed by atoms with E-state index in [-0.39, 0.29) is 0 Å². The second-order valence-corrected chi connectivity index (χ2v) is 20.1. The van der Waals surface area contributed by atoms with Crippen LogP contribution < -0.4 is 9.64 Å². The van der Waals surface area contributed by atoms with E-state index < -0.39 is 10.8 Å². The fourth-order valence-electron chi connectivity index (χ4n) is 12.8. The van der Waals surface area contributed by atoms with Crippen LogP contribution >= 0.6 is 11.8 Å². The number of fused-ring (bicyclic) bond motifs is 18. The number of hydrogen-bond acceptors (Lipinski definition) is 3. The Balaban J connectivity index is 0.996. The van der Waals surface area contributed by atoms with Crippen LogP contribution in [0.1, 0.15) is 44.5 Å². The van der Waals surface area contributed by atoms with Crippen LogP contribution in [-0.4, -0.2) is 0 Å². The lowest BCUT2D eigenvalue weighted by atomic mass is 9.66. The Hall–Kier alpha value is -8.63. The van der Waals surface area contributed by atoms with E-state index in [0.717, 1.165) is 39.7 Å². The maximum atomic E-state index is 6.75. The Kier molecular flexibility index (Phi) is 8.76. The number of ether oxygens (including phenoxy) is 1. The topological polar surface area (TPSA) is 12.5 Å². The summed E-state index contributed by atoms with van der Waals surface area (Å²) in [7, 11) is 0. The summed E-state index contributed by atoms with van der Waals surface area (Å²) < 4.78 is 6.75. The average molecular weight is 922 g/mol. The molecule has 0 aromatic heterocycles. The molecular weight excluding hydrogens is 879 g/mol. The van der Waals surface area contributed by atoms with E-state index in [2.05, 4.69) is 266 Å². The first-order valence-electron chi connectivity index (χ1n) is 24.5. The highest BCUT2D eigenvalue weighted by molar-refractivity contribution is 7.99. The molecule has 2 aliphatic carbocycles. The van der Waals surface area contributed by atoms with Gasteiger partial charge in [0.25, 0.3) is 0 Å². The summed E-state index contributed by atoms with van der Waals surface area (Å²) in [6.07, 6.45) is 0. The van der Waals surface area contributed by atoms with Crippen molar-refractivity contribution in [2.24, 2.45) is 0 Å². The van der Waals surface area contributed by atoms with Crippen molar-refractivity contribution in [2.45, 2.75) is 20.6 Å². The van der Waals surface area contributed by atoms with Crippen LogP contribution in [0.4, 0.5) is 17.1 Å². The van der Waals surface area contributed by atoms with E-state index in [1.165, 1.54) is 87.7 Å². The molecule has 2 heterocycles. The SMILES string of the molecule is c1ccc(-c2cccc(-c3ccc(N(c4ccc5c(c4)C4(c6ccccc6Sc6ccccc64)c4ccccc4-5)c4cccc5c4-c4ccccc4C54c5ccccc5Oc5ccccc54)cc3)c2)cc1. The molecule has 11 aromatic carbocycles. The average Bonchev–Trinajstić information content (AvgIpc) is 3.91. The van der Waals surface area contributed by atoms with Crippen LogP contribution in [0.15, 0.2) is 271 Å². The lowest BCUT2D eigenvalue weighted by Gasteiger charge is -2.40. The summed E-state index contributed by atoms with van der Waals surface area (Å²) in [6.45, 7) is 0. The van der Waals surface area contributed by atoms with Crippen LogP contribution in [0.25, 0.3) is 44.5 Å². The second kappa shape index (κ2) is 15.4. The van der Waals surface area contributed by atoms with Gasteiger partial charge < -0.3 is 9.64 Å². The van der Waals surface area contributed by atoms with Crippen molar-refractivity contribution in [3.63, 3.8) is 0 Å². The smallest absolute Gasteiger partial charge is 0.132 e. The molecule has 0 radical (unpaired) electrons. The maximum Gasteiger partial charge on any atom is 0.132 e. The first kappa shape index (κ1) is 40.3. The van der Waals surface area contributed by atoms with E-state index in [1.54, 1.807) is 0 Å². The van der Waals surface area contributed by atoms with Crippen molar-refractivity contribution in [3.05, 3.63) is 305 Å². The summed E-state index contributed by atoms with van der Waals surface area (Å²) in [4.78, 5) is 5.12. The predicted octanol–water partition coefficient (Wildman–Crippen LogP) is 17.8. The van der Waals surface area contributed by atoms with Gasteiger partial charge >= 0.3 is 0 Å². The molecule has 0 N–H and O–H groups in total. The van der Waals surface area contributed by atoms with Gasteiger partial charge in [-0.3, -0.25) is 0 Å². The molecule has 0 bridgehead atoms. The van der Waals surface area contributed by atoms with E-state index >= 15 is 0 Å². The Labute approximate surface area is 418 Å². The van der Waals surface area contributed by atoms with Crippen molar-refractivity contribution < 1.29 is 4.74 Å². The van der Waals surface area contributed by atoms with Crippen LogP contribution in [0.5, 0.6) is 11.5 Å². The summed E-state index contributed by atoms with van der Waals surface area (Å²) in [6, 6.07) is 96.6. The molecular formula is C68H43NOS. The van der Waals surface area contributed by atoms with Crippen LogP contribution in [0.2, 0.25) is 0 Å². The van der Waals surface area contributed by atoms with Gasteiger partial charge in [-0.2, -0.15) is 0 Å². The minimum absolute atomic E-state index is 0.523. The maximum absolute atomic E-state index is 6.75. The normalized spacial score (nSPS) is 14.2. The fourth-order valence-corrected chi connectivity index (χ4v) is 14.0. The summed E-state index contributed by atoms with van der Waals surface area (Å²) >= 11 is 1.88. The van der Waals surface area contributed by atoms with E-state index in [1.807, 2.05) is 11.8 Å². The molecule has 332 valence electrons. The van der Waals surface area contributed by atoms with Gasteiger partial charge in [-0.25, -0.2) is 0 Å². The third-order valence-corrected chi connectivity index (χ3v) is 16.8. The number of anilines is 3. The van der Waals surface area contributed by atoms with Gasteiger partial charge in [0.2, 0.25) is 0 Å². The van der Waals surface area contributed by atoms with Gasteiger partial charge in [0.1, 0.15) is 11.5 Å². The molecule has 0 atom stereocenters. The quantitative estimate of drug-likeness (QED) is 0.171. The molecule has 0 unspecified atom stereocenters. The molecule has 0 saturated carbocycles. The Morgan fingerprint density at radius 1 is 0.296 bits per heavy atom. The van der Waals surface area contributed by atoms with Crippen LogP contribution in [0.3, 0.4) is 0 Å². The number of rotatable bonds is 5. The highest BCUT2D eigenvalue weighted by atomic mass is 32.2. The fraction of sp³-hybridized carbons (Fsp3) is 0.0294. The molecule has 3 heteroatoms. The Bertz CT molecular complexity index is 3870. The lowest BCUT2D eigenvalue weighted by molar-refractivity contribution is 0.436. The van der Waals surface area contributed by atoms with E-state index in [9.17, 15) is 0 Å². The van der Waals surface area contributed by atoms with Gasteiger partial charge in [0, 0.05) is 37.9 Å². The van der Waals surface area contributed by atoms with Gasteiger partial charge in [-0.1, -0.05) is 212 Å². The highest BCUT2D eigenvalue weighted by Gasteiger charge is 2.53. The van der Waals surface area contributed by atoms with Crippen LogP contribution in [-0.2, 0) is 10.8 Å². The number of hydrogen-bond donors (Lipinski definition) is 0. The van der Waals surface area contributed by atoms with Crippen molar-refractivity contribution in [1.29, 1.82) is 0 Å². The Morgan fingerprint density at radius 2 is 0.761 bits per heavy atom. The molecule has 11 aromatic rings. The predicted molar refractivity (Wildman–Crippen MR) is 291 cm³/mol. The molecule has 15 rings (SSSR count). The van der Waals surface area contributed by atoms with Crippen LogP contribution in [0, 0.1) is 0 Å². The number of nitrogens with zero attached hydrogens (tertiary/aromatic N) is 1. The van der Waals surface area contributed by atoms with E-state index in [0.29, 0.717) is 0 Å². The molecule has 71 heavy (non-hydrogen) atoms. The molecule has 0 amide bonds. The Morgan fingerprint density at radius 3 is 1.44 bits per heavy atom. The molecule has 2 nitrogen and oxygen atoms in total. The van der Waals surface area contributed by atoms with Gasteiger partial charge in [0.05, 0.1) is 16.5 Å². The zero-order valence-electron chi connectivity index (χ0n) is 38.6. The zero-order valence-corrected chi connectivity index (χ0v) is 39.4. The highest BCUT2D eigenvalue weighted by Crippen LogP contribution is 2.66. The van der Waals surface area contributed by atoms with E-state index in [4.69, 9.17) is 4.74 Å². The number of benzene rings is 11. The minimum Gasteiger partial charge on any atom is -0.457 e. The summed E-state index contributed by atoms with van der Waals surface area (Å²) in [5.41, 5.74) is 22.0. The third-order valence-electron chi connectivity index (χ3n) is 15.6. The van der Waals surface area contributed by atoms with Gasteiger partial charge in [0.15, 0.2) is 0 Å². The van der Waals surface area contributed by atoms with Crippen molar-refractivity contribution in [2.75, 3.05) is 4.90 Å². The van der Waals surface area contributed by atoms with Gasteiger partial charge in [-0.15, -0.1) is 0 Å². The summed E-state index contributed by atoms with van der Waals surface area (Å²) in [5.74, 6) is 1.77. The van der Waals surface area contributed by atoms with Crippen molar-refractivity contribution in [1.82, 2.24) is 0 Å². The monoisotopic (exact) mass is 921 g/mol. The van der Waals surface area contributed by atoms with Crippen molar-refractivity contribution >= 4 is 28.8 Å². The molecule has 2 aliphatic heterocycles. The first-order chi connectivity index (χ1) is 35.2. The largest absolute Gasteiger partial charge is 0.457 e. The second-order valence-electron chi connectivity index (χ2n) is 19.0. The molecule has 0 fully saturated rings. The minimum atomic E-state index is -0.608. The molecule has 4 aliphatic rings. The first-order valence-corrected chi connectivity index (χ1v) is 25.3.